The summed E-state index contributed by atoms with van der Waals surface area (Å²) in [6, 6.07) is 0. The summed E-state index contributed by atoms with van der Waals surface area (Å²) >= 11 is 0. The first-order valence-electron chi connectivity index (χ1n) is 5.59. The third-order valence-corrected chi connectivity index (χ3v) is 3.90. The molecule has 0 aliphatic heterocycles. The van der Waals surface area contributed by atoms with Gasteiger partial charge in [-0.05, 0) is 24.7 Å². The first-order chi connectivity index (χ1) is 7.43. The van der Waals surface area contributed by atoms with Crippen LogP contribution < -0.4 is 0 Å². The molecule has 1 N–H and O–H groups in total. The van der Waals surface area contributed by atoms with Gasteiger partial charge in [-0.25, -0.2) is 15.0 Å². The van der Waals surface area contributed by atoms with Gasteiger partial charge in [-0.15, -0.1) is 0 Å². The standard InChI is InChI=1S/C11H12N4/c1-2-6-7(3-1)9(6)11-14-8-4-12-5-13-10(8)15-11/h4-7,9H,1-3H2,(H,12,13,14,15). The molecule has 0 bridgehead atoms. The molecule has 2 aliphatic rings. The molecule has 0 radical (unpaired) electrons. The number of rotatable bonds is 1. The Morgan fingerprint density at radius 1 is 1.27 bits per heavy atom. The minimum Gasteiger partial charge on any atom is -0.339 e. The van der Waals surface area contributed by atoms with Crippen molar-refractivity contribution in [2.75, 3.05) is 0 Å². The molecule has 2 aromatic heterocycles. The summed E-state index contributed by atoms with van der Waals surface area (Å²) in [6.45, 7) is 0. The fourth-order valence-corrected chi connectivity index (χ4v) is 3.17. The fourth-order valence-electron chi connectivity index (χ4n) is 3.17. The van der Waals surface area contributed by atoms with Gasteiger partial charge in [0.25, 0.3) is 0 Å². The maximum atomic E-state index is 4.55. The highest BCUT2D eigenvalue weighted by atomic mass is 15.0. The van der Waals surface area contributed by atoms with E-state index in [1.165, 1.54) is 19.3 Å². The van der Waals surface area contributed by atoms with E-state index in [1.807, 2.05) is 0 Å². The molecule has 0 amide bonds. The van der Waals surface area contributed by atoms with Crippen LogP contribution in [0.4, 0.5) is 0 Å². The lowest BCUT2D eigenvalue weighted by molar-refractivity contribution is 0.664. The number of hydrogen-bond donors (Lipinski definition) is 1. The molecule has 0 saturated heterocycles. The molecule has 2 unspecified atom stereocenters. The van der Waals surface area contributed by atoms with Crippen LogP contribution in [0.2, 0.25) is 0 Å². The Hall–Kier alpha value is -1.45. The molecule has 0 spiro atoms. The van der Waals surface area contributed by atoms with E-state index >= 15 is 0 Å². The Labute approximate surface area is 87.2 Å². The summed E-state index contributed by atoms with van der Waals surface area (Å²) < 4.78 is 0. The van der Waals surface area contributed by atoms with Crippen molar-refractivity contribution in [1.82, 2.24) is 19.9 Å². The van der Waals surface area contributed by atoms with Crippen molar-refractivity contribution in [1.29, 1.82) is 0 Å². The average Bonchev–Trinajstić information content (AvgIpc) is 2.71. The number of hydrogen-bond acceptors (Lipinski definition) is 3. The highest BCUT2D eigenvalue weighted by Crippen LogP contribution is 2.62. The van der Waals surface area contributed by atoms with Gasteiger partial charge in [0.15, 0.2) is 5.65 Å². The molecule has 4 nitrogen and oxygen atoms in total. The van der Waals surface area contributed by atoms with E-state index in [9.17, 15) is 0 Å². The Bertz CT molecular complexity index is 475. The average molecular weight is 200 g/mol. The summed E-state index contributed by atoms with van der Waals surface area (Å²) in [5.74, 6) is 3.63. The predicted octanol–water partition coefficient (Wildman–Crippen LogP) is 1.87. The fraction of sp³-hybridized carbons (Fsp3) is 0.545. The maximum absolute atomic E-state index is 4.55. The molecule has 2 fully saturated rings. The molecule has 2 aromatic rings. The first kappa shape index (κ1) is 7.79. The molecule has 76 valence electrons. The van der Waals surface area contributed by atoms with Gasteiger partial charge in [0, 0.05) is 5.92 Å². The zero-order valence-electron chi connectivity index (χ0n) is 8.35. The second-order valence-electron chi connectivity index (χ2n) is 4.67. The molecule has 2 atom stereocenters. The smallest absolute Gasteiger partial charge is 0.180 e. The SMILES string of the molecule is c1ncc2[nH]c(C3C4CCCC43)nc2n1. The Morgan fingerprint density at radius 3 is 2.93 bits per heavy atom. The third-order valence-electron chi connectivity index (χ3n) is 3.90. The van der Waals surface area contributed by atoms with Gasteiger partial charge in [0.05, 0.1) is 6.20 Å². The molecule has 4 rings (SSSR count). The van der Waals surface area contributed by atoms with Crippen LogP contribution in [0.25, 0.3) is 11.2 Å². The third kappa shape index (κ3) is 0.991. The van der Waals surface area contributed by atoms with Crippen LogP contribution in [-0.2, 0) is 0 Å². The number of nitrogens with one attached hydrogen (secondary N) is 1. The van der Waals surface area contributed by atoms with Crippen LogP contribution in [0, 0.1) is 11.8 Å². The predicted molar refractivity (Wildman–Crippen MR) is 55.3 cm³/mol. The van der Waals surface area contributed by atoms with E-state index in [0.29, 0.717) is 5.92 Å². The minimum atomic E-state index is 0.688. The van der Waals surface area contributed by atoms with E-state index in [4.69, 9.17) is 0 Å². The van der Waals surface area contributed by atoms with Gasteiger partial charge >= 0.3 is 0 Å². The minimum absolute atomic E-state index is 0.688. The molecule has 4 heteroatoms. The second kappa shape index (κ2) is 2.56. The number of aromatic nitrogens is 4. The zero-order chi connectivity index (χ0) is 9.83. The van der Waals surface area contributed by atoms with Gasteiger partial charge in [-0.2, -0.15) is 0 Å². The van der Waals surface area contributed by atoms with Gasteiger partial charge in [-0.3, -0.25) is 0 Å². The molecule has 2 heterocycles. The lowest BCUT2D eigenvalue weighted by atomic mass is 10.1. The number of fused-ring (bicyclic) bond motifs is 2. The zero-order valence-corrected chi connectivity index (χ0v) is 8.35. The lowest BCUT2D eigenvalue weighted by Crippen LogP contribution is -1.89. The van der Waals surface area contributed by atoms with Gasteiger partial charge in [0.1, 0.15) is 17.7 Å². The molecular weight excluding hydrogens is 188 g/mol. The number of H-pyrrole nitrogens is 1. The van der Waals surface area contributed by atoms with Crippen LogP contribution in [0.5, 0.6) is 0 Å². The molecule has 2 saturated carbocycles. The molecule has 0 aromatic carbocycles. The van der Waals surface area contributed by atoms with Crippen molar-refractivity contribution in [3.63, 3.8) is 0 Å². The van der Waals surface area contributed by atoms with E-state index in [2.05, 4.69) is 19.9 Å². The largest absolute Gasteiger partial charge is 0.339 e. The van der Waals surface area contributed by atoms with Crippen LogP contribution in [-0.4, -0.2) is 19.9 Å². The first-order valence-corrected chi connectivity index (χ1v) is 5.59. The van der Waals surface area contributed by atoms with E-state index in [-0.39, 0.29) is 0 Å². The Morgan fingerprint density at radius 2 is 2.13 bits per heavy atom. The van der Waals surface area contributed by atoms with Crippen LogP contribution in [0.1, 0.15) is 31.0 Å². The van der Waals surface area contributed by atoms with Crippen LogP contribution in [0.15, 0.2) is 12.5 Å². The van der Waals surface area contributed by atoms with Gasteiger partial charge in [0.2, 0.25) is 0 Å². The molecular formula is C11H12N4. The monoisotopic (exact) mass is 200 g/mol. The normalized spacial score (nSPS) is 33.2. The summed E-state index contributed by atoms with van der Waals surface area (Å²) in [5.41, 5.74) is 1.78. The highest BCUT2D eigenvalue weighted by molar-refractivity contribution is 5.69. The van der Waals surface area contributed by atoms with Crippen molar-refractivity contribution in [3.05, 3.63) is 18.3 Å². The quantitative estimate of drug-likeness (QED) is 0.764. The number of nitrogens with zero attached hydrogens (tertiary/aromatic N) is 3. The topological polar surface area (TPSA) is 54.5 Å². The van der Waals surface area contributed by atoms with Crippen LogP contribution >= 0.6 is 0 Å². The Kier molecular flexibility index (Phi) is 1.33. The lowest BCUT2D eigenvalue weighted by Gasteiger charge is -1.97. The molecule has 2 aliphatic carbocycles. The van der Waals surface area contributed by atoms with Gasteiger partial charge < -0.3 is 4.98 Å². The van der Waals surface area contributed by atoms with Crippen molar-refractivity contribution in [3.8, 4) is 0 Å². The summed E-state index contributed by atoms with van der Waals surface area (Å²) in [6.07, 6.45) is 7.54. The summed E-state index contributed by atoms with van der Waals surface area (Å²) in [5, 5.41) is 0. The van der Waals surface area contributed by atoms with Crippen molar-refractivity contribution in [2.24, 2.45) is 11.8 Å². The van der Waals surface area contributed by atoms with E-state index in [1.54, 1.807) is 12.5 Å². The van der Waals surface area contributed by atoms with Crippen LogP contribution in [0.3, 0.4) is 0 Å². The summed E-state index contributed by atoms with van der Waals surface area (Å²) in [7, 11) is 0. The number of imidazole rings is 1. The van der Waals surface area contributed by atoms with Crippen molar-refractivity contribution < 1.29 is 0 Å². The highest BCUT2D eigenvalue weighted by Gasteiger charge is 2.54. The van der Waals surface area contributed by atoms with Crippen molar-refractivity contribution in [2.45, 2.75) is 25.2 Å². The summed E-state index contributed by atoms with van der Waals surface area (Å²) in [4.78, 5) is 16.0. The number of aromatic amines is 1. The van der Waals surface area contributed by atoms with Gasteiger partial charge in [-0.1, -0.05) is 6.42 Å². The Balaban J connectivity index is 1.77. The van der Waals surface area contributed by atoms with E-state index < -0.39 is 0 Å². The van der Waals surface area contributed by atoms with E-state index in [0.717, 1.165) is 28.8 Å². The van der Waals surface area contributed by atoms with Crippen molar-refractivity contribution >= 4 is 11.2 Å². The molecule has 15 heavy (non-hydrogen) atoms. The second-order valence-corrected chi connectivity index (χ2v) is 4.67. The maximum Gasteiger partial charge on any atom is 0.180 e.